The maximum Gasteiger partial charge on any atom is 0.159 e. The Morgan fingerprint density at radius 2 is 0.917 bits per heavy atom. The van der Waals surface area contributed by atoms with Gasteiger partial charge in [0.2, 0.25) is 0 Å². The fourth-order valence-corrected chi connectivity index (χ4v) is 12.9. The number of Topliss-reactive ketones (excluding diaryl/α,β-unsaturated/α-hetero) is 2. The zero-order chi connectivity index (χ0) is 18.1. The summed E-state index contributed by atoms with van der Waals surface area (Å²) in [4.78, 5) is 24.3. The smallest absolute Gasteiger partial charge is 0.159 e. The highest BCUT2D eigenvalue weighted by Gasteiger charge is 2.46. The van der Waals surface area contributed by atoms with Crippen LogP contribution in [0.5, 0.6) is 0 Å². The Morgan fingerprint density at radius 1 is 0.625 bits per heavy atom. The molecule has 0 fully saturated rings. The van der Waals surface area contributed by atoms with Crippen LogP contribution in [0.25, 0.3) is 0 Å². The summed E-state index contributed by atoms with van der Waals surface area (Å²) in [6.45, 7) is 12.7. The van der Waals surface area contributed by atoms with E-state index in [-0.39, 0.29) is 11.6 Å². The lowest BCUT2D eigenvalue weighted by Crippen LogP contribution is -2.70. The van der Waals surface area contributed by atoms with Crippen LogP contribution >= 0.6 is 0 Å². The van der Waals surface area contributed by atoms with E-state index in [9.17, 15) is 9.59 Å². The largest absolute Gasteiger partial charge is 0.295 e. The second kappa shape index (κ2) is 6.61. The molecule has 0 heterocycles. The lowest BCUT2D eigenvalue weighted by Gasteiger charge is -2.41. The molecule has 0 bridgehead atoms. The molecule has 0 atom stereocenters. The Kier molecular flexibility index (Phi) is 5.11. The molecule has 24 heavy (non-hydrogen) atoms. The number of rotatable bonds is 5. The van der Waals surface area contributed by atoms with Crippen LogP contribution in [0.3, 0.4) is 0 Å². The van der Waals surface area contributed by atoms with Crippen LogP contribution < -0.4 is 10.4 Å². The van der Waals surface area contributed by atoms with E-state index < -0.39 is 15.2 Å². The van der Waals surface area contributed by atoms with Gasteiger partial charge < -0.3 is 0 Å². The van der Waals surface area contributed by atoms with Crippen molar-refractivity contribution < 1.29 is 9.59 Å². The molecule has 2 aromatic rings. The summed E-state index contributed by atoms with van der Waals surface area (Å²) >= 11 is 0. The fourth-order valence-electron chi connectivity index (χ4n) is 3.34. The molecule has 0 saturated carbocycles. The van der Waals surface area contributed by atoms with Crippen LogP contribution in [0.15, 0.2) is 48.5 Å². The summed E-state index contributed by atoms with van der Waals surface area (Å²) in [5.74, 6) is 0.242. The highest BCUT2D eigenvalue weighted by atomic mass is 29.3. The second-order valence-electron chi connectivity index (χ2n) is 7.45. The minimum atomic E-state index is -1.97. The van der Waals surface area contributed by atoms with Gasteiger partial charge in [-0.2, -0.15) is 0 Å². The van der Waals surface area contributed by atoms with Gasteiger partial charge in [-0.1, -0.05) is 85.1 Å². The van der Waals surface area contributed by atoms with Gasteiger partial charge in [0.1, 0.15) is 0 Å². The maximum atomic E-state index is 12.1. The van der Waals surface area contributed by atoms with Gasteiger partial charge in [0, 0.05) is 11.1 Å². The Balaban J connectivity index is 2.69. The molecule has 4 heteroatoms. The van der Waals surface area contributed by atoms with Gasteiger partial charge in [-0.05, 0) is 13.8 Å². The number of benzene rings is 2. The normalized spacial score (nSPS) is 12.1. The highest BCUT2D eigenvalue weighted by Crippen LogP contribution is 2.22. The summed E-state index contributed by atoms with van der Waals surface area (Å²) in [5.41, 5.74) is 1.69. The Labute approximate surface area is 146 Å². The second-order valence-corrected chi connectivity index (χ2v) is 22.5. The van der Waals surface area contributed by atoms with E-state index in [1.165, 1.54) is 10.4 Å². The first kappa shape index (κ1) is 18.6. The van der Waals surface area contributed by atoms with Crippen molar-refractivity contribution in [1.82, 2.24) is 0 Å². The Morgan fingerprint density at radius 3 is 1.21 bits per heavy atom. The van der Waals surface area contributed by atoms with Crippen LogP contribution in [-0.4, -0.2) is 26.7 Å². The molecule has 0 unspecified atom stereocenters. The van der Waals surface area contributed by atoms with E-state index in [1.54, 1.807) is 13.8 Å². The lowest BCUT2D eigenvalue weighted by molar-refractivity contribution is 0.101. The predicted octanol–water partition coefficient (Wildman–Crippen LogP) is 3.70. The van der Waals surface area contributed by atoms with Crippen molar-refractivity contribution in [2.45, 2.75) is 40.0 Å². The van der Waals surface area contributed by atoms with Gasteiger partial charge in [-0.3, -0.25) is 9.59 Å². The van der Waals surface area contributed by atoms with E-state index in [1.807, 2.05) is 36.4 Å². The molecular weight excluding hydrogens is 328 g/mol. The molecule has 0 spiro atoms. The van der Waals surface area contributed by atoms with Gasteiger partial charge in [0.05, 0.1) is 15.2 Å². The third-order valence-corrected chi connectivity index (χ3v) is 23.2. The van der Waals surface area contributed by atoms with Crippen LogP contribution in [0.1, 0.15) is 34.6 Å². The van der Waals surface area contributed by atoms with Crippen molar-refractivity contribution >= 4 is 37.1 Å². The van der Waals surface area contributed by atoms with Gasteiger partial charge >= 0.3 is 0 Å². The van der Waals surface area contributed by atoms with Crippen molar-refractivity contribution in [3.63, 3.8) is 0 Å². The molecule has 0 aliphatic carbocycles. The standard InChI is InChI=1S/C20H26O2Si2/c1-15(21)17-11-7-9-13-19(17)23(3,4)24(5,6)20-14-10-8-12-18(20)16(2)22/h7-14H,1-6H3. The summed E-state index contributed by atoms with van der Waals surface area (Å²) in [7, 11) is -3.93. The van der Waals surface area contributed by atoms with E-state index in [4.69, 9.17) is 0 Å². The molecular formula is C20H26O2Si2. The lowest BCUT2D eigenvalue weighted by atomic mass is 10.1. The summed E-state index contributed by atoms with van der Waals surface area (Å²) in [6, 6.07) is 16.0. The summed E-state index contributed by atoms with van der Waals surface area (Å²) < 4.78 is 0. The number of hydrogen-bond donors (Lipinski definition) is 0. The molecule has 2 nitrogen and oxygen atoms in total. The Bertz CT molecular complexity index is 724. The third kappa shape index (κ3) is 3.08. The zero-order valence-electron chi connectivity index (χ0n) is 15.4. The molecule has 0 saturated heterocycles. The first-order valence-electron chi connectivity index (χ1n) is 8.31. The molecule has 0 aromatic heterocycles. The van der Waals surface area contributed by atoms with Gasteiger partial charge in [0.15, 0.2) is 11.6 Å². The Hall–Kier alpha value is -1.79. The highest BCUT2D eigenvalue weighted by molar-refractivity contribution is 7.50. The summed E-state index contributed by atoms with van der Waals surface area (Å²) in [6.07, 6.45) is 0. The first-order valence-corrected chi connectivity index (χ1v) is 15.3. The quantitative estimate of drug-likeness (QED) is 0.606. The zero-order valence-corrected chi connectivity index (χ0v) is 17.4. The molecule has 0 N–H and O–H groups in total. The van der Waals surface area contributed by atoms with E-state index in [2.05, 4.69) is 38.3 Å². The van der Waals surface area contributed by atoms with Crippen LogP contribution in [-0.2, 0) is 0 Å². The fraction of sp³-hybridized carbons (Fsp3) is 0.300. The van der Waals surface area contributed by atoms with E-state index in [0.29, 0.717) is 0 Å². The number of hydrogen-bond acceptors (Lipinski definition) is 2. The van der Waals surface area contributed by atoms with Crippen molar-refractivity contribution in [1.29, 1.82) is 0 Å². The van der Waals surface area contributed by atoms with Crippen molar-refractivity contribution in [2.24, 2.45) is 0 Å². The topological polar surface area (TPSA) is 34.1 Å². The summed E-state index contributed by atoms with van der Waals surface area (Å²) in [5, 5.41) is 2.43. The average molecular weight is 355 g/mol. The van der Waals surface area contributed by atoms with Crippen molar-refractivity contribution in [3.8, 4) is 0 Å². The first-order chi connectivity index (χ1) is 11.1. The van der Waals surface area contributed by atoms with Gasteiger partial charge in [-0.25, -0.2) is 0 Å². The number of ketones is 2. The predicted molar refractivity (Wildman–Crippen MR) is 107 cm³/mol. The molecule has 0 aliphatic rings. The van der Waals surface area contributed by atoms with Gasteiger partial charge in [0.25, 0.3) is 0 Å². The molecule has 2 aromatic carbocycles. The number of carbonyl (C=O) groups is 2. The number of carbonyl (C=O) groups excluding carboxylic acids is 2. The van der Waals surface area contributed by atoms with Gasteiger partial charge in [-0.15, -0.1) is 0 Å². The maximum absolute atomic E-state index is 12.1. The molecule has 126 valence electrons. The molecule has 0 aliphatic heterocycles. The van der Waals surface area contributed by atoms with Crippen LogP contribution in [0.2, 0.25) is 26.2 Å². The van der Waals surface area contributed by atoms with E-state index in [0.717, 1.165) is 11.1 Å². The van der Waals surface area contributed by atoms with E-state index >= 15 is 0 Å². The van der Waals surface area contributed by atoms with Crippen molar-refractivity contribution in [2.75, 3.05) is 0 Å². The monoisotopic (exact) mass is 354 g/mol. The SMILES string of the molecule is CC(=O)c1ccccc1[Si](C)(C)[Si](C)(C)c1ccccc1C(C)=O. The van der Waals surface area contributed by atoms with Crippen LogP contribution in [0.4, 0.5) is 0 Å². The third-order valence-electron chi connectivity index (χ3n) is 5.52. The van der Waals surface area contributed by atoms with Crippen LogP contribution in [0, 0.1) is 0 Å². The van der Waals surface area contributed by atoms with Crippen molar-refractivity contribution in [3.05, 3.63) is 59.7 Å². The minimum absolute atomic E-state index is 0.121. The molecule has 0 amide bonds. The molecule has 2 rings (SSSR count). The minimum Gasteiger partial charge on any atom is -0.295 e. The molecule has 0 radical (unpaired) electrons. The average Bonchev–Trinajstić information content (AvgIpc) is 2.54.